The van der Waals surface area contributed by atoms with Gasteiger partial charge in [-0.15, -0.1) is 0 Å². The minimum absolute atomic E-state index is 0.127. The van der Waals surface area contributed by atoms with Gasteiger partial charge in [-0.2, -0.15) is 16.8 Å². The molecule has 7 saturated carbocycles. The molecule has 8 unspecified atom stereocenters. The highest BCUT2D eigenvalue weighted by atomic mass is 32.2. The summed E-state index contributed by atoms with van der Waals surface area (Å²) < 4.78 is 72.7. The molecule has 0 heterocycles. The lowest BCUT2D eigenvalue weighted by molar-refractivity contribution is 0.0625. The van der Waals surface area contributed by atoms with E-state index in [4.69, 9.17) is 4.18 Å². The summed E-state index contributed by atoms with van der Waals surface area (Å²) >= 11 is 0. The van der Waals surface area contributed by atoms with E-state index in [1.165, 1.54) is 56.9 Å². The Morgan fingerprint density at radius 1 is 0.600 bits per heavy atom. The highest BCUT2D eigenvalue weighted by molar-refractivity contribution is 7.89. The molecule has 0 radical (unpaired) electrons. The number of hydrogen-bond acceptors (Lipinski definition) is 5. The maximum absolute atomic E-state index is 14.8. The zero-order chi connectivity index (χ0) is 30.9. The van der Waals surface area contributed by atoms with Gasteiger partial charge in [0.15, 0.2) is 0 Å². The fourth-order valence-electron chi connectivity index (χ4n) is 12.5. The highest BCUT2D eigenvalue weighted by Crippen LogP contribution is 2.69. The number of rotatable bonds is 8. The molecule has 7 fully saturated rings. The standard InChI is InChI=1S/C37H54O6S2/c38-44(39,40)37(33-22-29-21-32(33)35-27-17-16-26(18-27)34(29)35)43-45(41,42)36-30(24-12-6-2-7-13-24)19-28(23-10-4-1-5-11-23)20-31(36)25-14-8-3-9-15-25/h19-20,23-27,29,32-35,37H,1-18,21-22H2,(H,38,39,40). The van der Waals surface area contributed by atoms with Crippen LogP contribution in [0.15, 0.2) is 17.0 Å². The lowest BCUT2D eigenvalue weighted by Crippen LogP contribution is -2.42. The summed E-state index contributed by atoms with van der Waals surface area (Å²) in [4.78, 5) is 0.274. The zero-order valence-electron chi connectivity index (χ0n) is 27.0. The number of hydrogen-bond donors (Lipinski definition) is 1. The average Bonchev–Trinajstić information content (AvgIpc) is 3.85. The minimum atomic E-state index is -4.76. The van der Waals surface area contributed by atoms with Crippen LogP contribution in [0.3, 0.4) is 0 Å². The third-order valence-corrected chi connectivity index (χ3v) is 16.8. The first-order valence-electron chi connectivity index (χ1n) is 18.8. The van der Waals surface area contributed by atoms with Gasteiger partial charge < -0.3 is 0 Å². The summed E-state index contributed by atoms with van der Waals surface area (Å²) in [7, 11) is -9.23. The van der Waals surface area contributed by atoms with Crippen molar-refractivity contribution in [3.63, 3.8) is 0 Å². The monoisotopic (exact) mass is 658 g/mol. The SMILES string of the molecule is O=S(=O)(OC(C1CC2CC1C1C3CCC(C3)C21)S(=O)(=O)O)c1c(C2CCCCC2)cc(C2CCCCC2)cc1C1CCCCC1. The Balaban J connectivity index is 1.20. The van der Waals surface area contributed by atoms with Crippen molar-refractivity contribution >= 4 is 20.2 Å². The van der Waals surface area contributed by atoms with Crippen molar-refractivity contribution in [2.75, 3.05) is 0 Å². The topological polar surface area (TPSA) is 97.7 Å². The Bertz CT molecular complexity index is 1430. The van der Waals surface area contributed by atoms with E-state index in [-0.39, 0.29) is 22.6 Å². The largest absolute Gasteiger partial charge is 0.298 e. The Kier molecular flexibility index (Phi) is 8.47. The van der Waals surface area contributed by atoms with E-state index in [0.29, 0.717) is 36.0 Å². The molecule has 8 atom stereocenters. The van der Waals surface area contributed by atoms with Crippen LogP contribution in [0.5, 0.6) is 0 Å². The van der Waals surface area contributed by atoms with Crippen LogP contribution >= 0.6 is 0 Å². The molecule has 7 aliphatic rings. The van der Waals surface area contributed by atoms with Gasteiger partial charge >= 0.3 is 0 Å². The van der Waals surface area contributed by atoms with Gasteiger partial charge in [-0.25, -0.2) is 4.18 Å². The molecule has 6 nitrogen and oxygen atoms in total. The zero-order valence-corrected chi connectivity index (χ0v) is 28.6. The quantitative estimate of drug-likeness (QED) is 0.170. The Hall–Kier alpha value is -0.960. The Morgan fingerprint density at radius 2 is 1.11 bits per heavy atom. The van der Waals surface area contributed by atoms with Gasteiger partial charge in [-0.3, -0.25) is 4.55 Å². The van der Waals surface area contributed by atoms with E-state index in [1.807, 2.05) is 0 Å². The van der Waals surface area contributed by atoms with Gasteiger partial charge in [-0.05, 0) is 141 Å². The normalized spacial score (nSPS) is 36.9. The van der Waals surface area contributed by atoms with Gasteiger partial charge in [0.1, 0.15) is 4.90 Å². The van der Waals surface area contributed by atoms with E-state index in [2.05, 4.69) is 12.1 Å². The molecular weight excluding hydrogens is 605 g/mol. The second kappa shape index (κ2) is 12.2. The molecule has 1 aromatic carbocycles. The summed E-state index contributed by atoms with van der Waals surface area (Å²) in [5.41, 5.74) is 1.34. The van der Waals surface area contributed by atoms with Crippen LogP contribution in [0.4, 0.5) is 0 Å². The number of fused-ring (bicyclic) bond motifs is 9. The van der Waals surface area contributed by atoms with Crippen molar-refractivity contribution in [1.29, 1.82) is 0 Å². The van der Waals surface area contributed by atoms with Gasteiger partial charge in [-0.1, -0.05) is 69.9 Å². The highest BCUT2D eigenvalue weighted by Gasteiger charge is 2.64. The van der Waals surface area contributed by atoms with Crippen LogP contribution < -0.4 is 0 Å². The molecule has 7 aliphatic carbocycles. The second-order valence-corrected chi connectivity index (χ2v) is 19.5. The predicted octanol–water partition coefficient (Wildman–Crippen LogP) is 9.07. The molecule has 0 amide bonds. The molecule has 0 saturated heterocycles. The third kappa shape index (κ3) is 5.67. The van der Waals surface area contributed by atoms with Gasteiger partial charge in [0.05, 0.1) is 0 Å². The van der Waals surface area contributed by atoms with Crippen LogP contribution in [-0.4, -0.2) is 26.8 Å². The minimum Gasteiger partial charge on any atom is -0.284 e. The van der Waals surface area contributed by atoms with Gasteiger partial charge in [0.25, 0.3) is 20.2 Å². The maximum atomic E-state index is 14.8. The van der Waals surface area contributed by atoms with Crippen LogP contribution in [0.1, 0.15) is 163 Å². The summed E-state index contributed by atoms with van der Waals surface area (Å²) in [5, 5.41) is 0. The molecule has 0 spiro atoms. The van der Waals surface area contributed by atoms with E-state index < -0.39 is 31.6 Å². The molecule has 1 N–H and O–H groups in total. The Labute approximate surface area is 271 Å². The molecule has 1 aromatic rings. The fourth-order valence-corrected chi connectivity index (χ4v) is 15.5. The molecule has 0 aromatic heterocycles. The van der Waals surface area contributed by atoms with Gasteiger partial charge in [0.2, 0.25) is 5.44 Å². The first kappa shape index (κ1) is 31.3. The molecule has 45 heavy (non-hydrogen) atoms. The summed E-state index contributed by atoms with van der Waals surface area (Å²) in [6.45, 7) is 0. The predicted molar refractivity (Wildman–Crippen MR) is 175 cm³/mol. The first-order chi connectivity index (χ1) is 21.7. The molecular formula is C37H54O6S2. The maximum Gasteiger partial charge on any atom is 0.298 e. The van der Waals surface area contributed by atoms with E-state index >= 15 is 0 Å². The van der Waals surface area contributed by atoms with E-state index in [0.717, 1.165) is 87.7 Å². The third-order valence-electron chi connectivity index (χ3n) is 14.2. The summed E-state index contributed by atoms with van der Waals surface area (Å²) in [6, 6.07) is 4.41. The summed E-state index contributed by atoms with van der Waals surface area (Å²) in [5.74, 6) is 3.33. The van der Waals surface area contributed by atoms with Crippen molar-refractivity contribution in [1.82, 2.24) is 0 Å². The number of benzene rings is 1. The molecule has 8 heteroatoms. The molecule has 0 aliphatic heterocycles. The lowest BCUT2D eigenvalue weighted by atomic mass is 9.67. The van der Waals surface area contributed by atoms with Crippen molar-refractivity contribution in [2.24, 2.45) is 41.4 Å². The smallest absolute Gasteiger partial charge is 0.284 e. The molecule has 4 bridgehead atoms. The molecule has 250 valence electrons. The van der Waals surface area contributed by atoms with Crippen LogP contribution in [0.2, 0.25) is 0 Å². The van der Waals surface area contributed by atoms with Crippen molar-refractivity contribution < 1.29 is 25.6 Å². The van der Waals surface area contributed by atoms with Crippen LogP contribution in [0.25, 0.3) is 0 Å². The van der Waals surface area contributed by atoms with Crippen molar-refractivity contribution in [2.45, 2.75) is 157 Å². The van der Waals surface area contributed by atoms with Crippen LogP contribution in [0, 0.1) is 41.4 Å². The second-order valence-electron chi connectivity index (χ2n) is 16.5. The fraction of sp³-hybridized carbons (Fsp3) is 0.838. The molecule has 8 rings (SSSR count). The first-order valence-corrected chi connectivity index (χ1v) is 21.7. The average molecular weight is 659 g/mol. The van der Waals surface area contributed by atoms with E-state index in [1.54, 1.807) is 0 Å². The summed E-state index contributed by atoms with van der Waals surface area (Å²) in [6.07, 6.45) is 21.9. The van der Waals surface area contributed by atoms with Crippen molar-refractivity contribution in [3.05, 3.63) is 28.8 Å². The van der Waals surface area contributed by atoms with Gasteiger partial charge in [0, 0.05) is 5.92 Å². The van der Waals surface area contributed by atoms with E-state index in [9.17, 15) is 21.4 Å². The lowest BCUT2D eigenvalue weighted by Gasteiger charge is -2.40. The van der Waals surface area contributed by atoms with Crippen molar-refractivity contribution in [3.8, 4) is 0 Å². The Morgan fingerprint density at radius 3 is 1.64 bits per heavy atom. The van der Waals surface area contributed by atoms with Crippen LogP contribution in [-0.2, 0) is 24.4 Å².